The van der Waals surface area contributed by atoms with E-state index in [4.69, 9.17) is 5.73 Å². The molecule has 1 heterocycles. The molecule has 6 heteroatoms. The van der Waals surface area contributed by atoms with E-state index in [0.717, 1.165) is 43.1 Å². The summed E-state index contributed by atoms with van der Waals surface area (Å²) < 4.78 is 26.9. The van der Waals surface area contributed by atoms with Gasteiger partial charge in [0.15, 0.2) is 11.6 Å². The summed E-state index contributed by atoms with van der Waals surface area (Å²) >= 11 is 0. The fourth-order valence-corrected chi connectivity index (χ4v) is 3.55. The van der Waals surface area contributed by atoms with Gasteiger partial charge in [-0.2, -0.15) is 0 Å². The Morgan fingerprint density at radius 1 is 1.15 bits per heavy atom. The van der Waals surface area contributed by atoms with Crippen LogP contribution in [0.3, 0.4) is 0 Å². The van der Waals surface area contributed by atoms with Crippen molar-refractivity contribution >= 4 is 5.91 Å². The third-order valence-corrected chi connectivity index (χ3v) is 4.98. The Hall–Kier alpha value is -2.31. The SMILES string of the molecule is NC(=O)C1CCCN(Cc2cccc(CNCc3cccc(F)c3F)c2)C1. The number of carbonyl (C=O) groups is 1. The molecule has 1 amide bonds. The molecule has 2 aromatic rings. The number of nitrogens with zero attached hydrogens (tertiary/aromatic N) is 1. The van der Waals surface area contributed by atoms with Crippen LogP contribution in [-0.4, -0.2) is 23.9 Å². The number of rotatable bonds is 7. The first-order valence-corrected chi connectivity index (χ1v) is 9.26. The fourth-order valence-electron chi connectivity index (χ4n) is 3.55. The van der Waals surface area contributed by atoms with Crippen molar-refractivity contribution in [1.29, 1.82) is 0 Å². The molecule has 1 atom stereocenters. The molecule has 1 aliphatic heterocycles. The normalized spacial score (nSPS) is 17.8. The second kappa shape index (κ2) is 9.06. The molecule has 3 N–H and O–H groups in total. The van der Waals surface area contributed by atoms with E-state index in [1.165, 1.54) is 6.07 Å². The molecule has 27 heavy (non-hydrogen) atoms. The van der Waals surface area contributed by atoms with Crippen molar-refractivity contribution in [3.63, 3.8) is 0 Å². The van der Waals surface area contributed by atoms with Gasteiger partial charge in [0.05, 0.1) is 5.92 Å². The zero-order valence-electron chi connectivity index (χ0n) is 15.3. The summed E-state index contributed by atoms with van der Waals surface area (Å²) in [5.74, 6) is -1.91. The molecule has 1 unspecified atom stereocenters. The Morgan fingerprint density at radius 2 is 1.93 bits per heavy atom. The van der Waals surface area contributed by atoms with E-state index < -0.39 is 11.6 Å². The maximum Gasteiger partial charge on any atom is 0.221 e. The predicted molar refractivity (Wildman–Crippen MR) is 101 cm³/mol. The van der Waals surface area contributed by atoms with Gasteiger partial charge in [0, 0.05) is 31.7 Å². The van der Waals surface area contributed by atoms with Gasteiger partial charge < -0.3 is 11.1 Å². The second-order valence-electron chi connectivity index (χ2n) is 7.11. The van der Waals surface area contributed by atoms with Crippen molar-refractivity contribution in [3.05, 3.63) is 70.8 Å². The Labute approximate surface area is 158 Å². The highest BCUT2D eigenvalue weighted by atomic mass is 19.2. The molecule has 144 valence electrons. The molecule has 1 aliphatic rings. The van der Waals surface area contributed by atoms with E-state index in [2.05, 4.69) is 22.3 Å². The molecule has 3 rings (SSSR count). The minimum atomic E-state index is -0.827. The van der Waals surface area contributed by atoms with Crippen molar-refractivity contribution in [1.82, 2.24) is 10.2 Å². The average molecular weight is 373 g/mol. The summed E-state index contributed by atoms with van der Waals surface area (Å²) in [6.07, 6.45) is 1.85. The molecule has 0 bridgehead atoms. The summed E-state index contributed by atoms with van der Waals surface area (Å²) in [5, 5.41) is 3.16. The molecular weight excluding hydrogens is 348 g/mol. The number of hydrogen-bond acceptors (Lipinski definition) is 3. The second-order valence-corrected chi connectivity index (χ2v) is 7.11. The highest BCUT2D eigenvalue weighted by Gasteiger charge is 2.23. The topological polar surface area (TPSA) is 58.4 Å². The molecule has 0 saturated carbocycles. The molecular formula is C21H25F2N3O. The highest BCUT2D eigenvalue weighted by Crippen LogP contribution is 2.19. The Bertz CT molecular complexity index is 797. The maximum atomic E-state index is 13.7. The van der Waals surface area contributed by atoms with Crippen LogP contribution in [0.1, 0.15) is 29.5 Å². The van der Waals surface area contributed by atoms with Crippen LogP contribution < -0.4 is 11.1 Å². The average Bonchev–Trinajstić information content (AvgIpc) is 2.66. The van der Waals surface area contributed by atoms with Crippen molar-refractivity contribution < 1.29 is 13.6 Å². The molecule has 4 nitrogen and oxygen atoms in total. The van der Waals surface area contributed by atoms with Crippen LogP contribution in [0.2, 0.25) is 0 Å². The quantitative estimate of drug-likeness (QED) is 0.785. The third-order valence-electron chi connectivity index (χ3n) is 4.98. The zero-order chi connectivity index (χ0) is 19.2. The zero-order valence-corrected chi connectivity index (χ0v) is 15.3. The lowest BCUT2D eigenvalue weighted by Crippen LogP contribution is -2.40. The first-order chi connectivity index (χ1) is 13.0. The minimum Gasteiger partial charge on any atom is -0.369 e. The highest BCUT2D eigenvalue weighted by molar-refractivity contribution is 5.76. The maximum absolute atomic E-state index is 13.7. The number of halogens is 2. The van der Waals surface area contributed by atoms with Gasteiger partial charge in [-0.25, -0.2) is 8.78 Å². The van der Waals surface area contributed by atoms with E-state index in [1.54, 1.807) is 6.07 Å². The number of benzene rings is 2. The van der Waals surface area contributed by atoms with Gasteiger partial charge in [0.25, 0.3) is 0 Å². The van der Waals surface area contributed by atoms with Gasteiger partial charge in [0.2, 0.25) is 5.91 Å². The Kier molecular flexibility index (Phi) is 6.53. The van der Waals surface area contributed by atoms with Gasteiger partial charge in [-0.05, 0) is 36.6 Å². The first kappa shape index (κ1) is 19.5. The van der Waals surface area contributed by atoms with E-state index in [1.807, 2.05) is 12.1 Å². The lowest BCUT2D eigenvalue weighted by atomic mass is 9.97. The minimum absolute atomic E-state index is 0.0650. The van der Waals surface area contributed by atoms with Crippen LogP contribution in [0.15, 0.2) is 42.5 Å². The van der Waals surface area contributed by atoms with Crippen LogP contribution in [0, 0.1) is 17.6 Å². The van der Waals surface area contributed by atoms with Gasteiger partial charge >= 0.3 is 0 Å². The number of nitrogens with two attached hydrogens (primary N) is 1. The van der Waals surface area contributed by atoms with Gasteiger partial charge in [-0.15, -0.1) is 0 Å². The summed E-state index contributed by atoms with van der Waals surface area (Å²) in [7, 11) is 0. The number of carbonyl (C=O) groups excluding carboxylic acids is 1. The van der Waals surface area contributed by atoms with Crippen LogP contribution in [0.5, 0.6) is 0 Å². The number of primary amides is 1. The number of piperidine rings is 1. The van der Waals surface area contributed by atoms with E-state index in [-0.39, 0.29) is 18.4 Å². The molecule has 1 saturated heterocycles. The molecule has 0 radical (unpaired) electrons. The summed E-state index contributed by atoms with van der Waals surface area (Å²) in [6.45, 7) is 3.27. The monoisotopic (exact) mass is 373 g/mol. The standard InChI is InChI=1S/C21H25F2N3O/c22-19-8-2-6-17(20(19)23)12-25-11-15-4-1-5-16(10-15)13-26-9-3-7-18(14-26)21(24)27/h1-2,4-6,8,10,18,25H,3,7,9,11-14H2,(H2,24,27). The summed E-state index contributed by atoms with van der Waals surface area (Å²) in [4.78, 5) is 13.7. The number of likely N-dealkylation sites (tertiary alicyclic amines) is 1. The molecule has 0 spiro atoms. The van der Waals surface area contributed by atoms with Crippen LogP contribution in [0.4, 0.5) is 8.78 Å². The van der Waals surface area contributed by atoms with Crippen LogP contribution in [0.25, 0.3) is 0 Å². The van der Waals surface area contributed by atoms with Gasteiger partial charge in [-0.3, -0.25) is 9.69 Å². The Morgan fingerprint density at radius 3 is 2.74 bits per heavy atom. The van der Waals surface area contributed by atoms with Crippen molar-refractivity contribution in [2.75, 3.05) is 13.1 Å². The smallest absolute Gasteiger partial charge is 0.221 e. The van der Waals surface area contributed by atoms with Crippen molar-refractivity contribution in [2.24, 2.45) is 11.7 Å². The molecule has 0 aromatic heterocycles. The van der Waals surface area contributed by atoms with E-state index in [9.17, 15) is 13.6 Å². The van der Waals surface area contributed by atoms with Crippen molar-refractivity contribution in [3.8, 4) is 0 Å². The van der Waals surface area contributed by atoms with E-state index in [0.29, 0.717) is 18.7 Å². The summed E-state index contributed by atoms with van der Waals surface area (Å²) in [5.41, 5.74) is 8.00. The van der Waals surface area contributed by atoms with Crippen LogP contribution >= 0.6 is 0 Å². The Balaban J connectivity index is 1.54. The predicted octanol–water partition coefficient (Wildman–Crippen LogP) is 2.95. The van der Waals surface area contributed by atoms with Crippen LogP contribution in [-0.2, 0) is 24.4 Å². The lowest BCUT2D eigenvalue weighted by molar-refractivity contribution is -0.123. The largest absolute Gasteiger partial charge is 0.369 e. The van der Waals surface area contributed by atoms with Crippen molar-refractivity contribution in [2.45, 2.75) is 32.5 Å². The fraction of sp³-hybridized carbons (Fsp3) is 0.381. The number of hydrogen-bond donors (Lipinski definition) is 2. The first-order valence-electron chi connectivity index (χ1n) is 9.26. The number of nitrogens with one attached hydrogen (secondary N) is 1. The number of amides is 1. The van der Waals surface area contributed by atoms with E-state index >= 15 is 0 Å². The lowest BCUT2D eigenvalue weighted by Gasteiger charge is -2.31. The molecule has 1 fully saturated rings. The summed E-state index contributed by atoms with van der Waals surface area (Å²) in [6, 6.07) is 12.4. The third kappa shape index (κ3) is 5.34. The van der Waals surface area contributed by atoms with Gasteiger partial charge in [0.1, 0.15) is 0 Å². The molecule has 0 aliphatic carbocycles. The molecule has 2 aromatic carbocycles. The van der Waals surface area contributed by atoms with Gasteiger partial charge in [-0.1, -0.05) is 36.4 Å².